The molecule has 0 aliphatic carbocycles. The van der Waals surface area contributed by atoms with Gasteiger partial charge in [0.25, 0.3) is 0 Å². The van der Waals surface area contributed by atoms with Crippen LogP contribution >= 0.6 is 0 Å². The number of rotatable bonds is 9. The van der Waals surface area contributed by atoms with Crippen LogP contribution in [0.15, 0.2) is 11.6 Å². The summed E-state index contributed by atoms with van der Waals surface area (Å²) in [6.07, 6.45) is 3.55. The molecule has 6 nitrogen and oxygen atoms in total. The van der Waals surface area contributed by atoms with Crippen molar-refractivity contribution in [2.45, 2.75) is 79.6 Å². The molecule has 0 bridgehead atoms. The van der Waals surface area contributed by atoms with Gasteiger partial charge in [-0.05, 0) is 59.9 Å². The van der Waals surface area contributed by atoms with Gasteiger partial charge in [0, 0.05) is 23.6 Å². The van der Waals surface area contributed by atoms with Gasteiger partial charge in [-0.1, -0.05) is 11.6 Å². The Morgan fingerprint density at radius 2 is 1.93 bits per heavy atom. The first kappa shape index (κ1) is 22.8. The van der Waals surface area contributed by atoms with Gasteiger partial charge in [0.15, 0.2) is 0 Å². The average Bonchev–Trinajstić information content (AvgIpc) is 3.02. The van der Waals surface area contributed by atoms with Gasteiger partial charge in [-0.3, -0.25) is 4.79 Å². The summed E-state index contributed by atoms with van der Waals surface area (Å²) in [4.78, 5) is 24.2. The number of fused-ring (bicyclic) bond motifs is 1. The van der Waals surface area contributed by atoms with Crippen molar-refractivity contribution >= 4 is 17.6 Å². The zero-order valence-corrected chi connectivity index (χ0v) is 18.6. The van der Waals surface area contributed by atoms with Crippen molar-refractivity contribution < 1.29 is 23.8 Å². The van der Waals surface area contributed by atoms with E-state index in [1.165, 1.54) is 0 Å². The number of cyclic esters (lactones) is 1. The summed E-state index contributed by atoms with van der Waals surface area (Å²) in [6, 6.07) is 0.148. The Balaban J connectivity index is 2.33. The number of ether oxygens (including phenoxy) is 3. The van der Waals surface area contributed by atoms with Crippen molar-refractivity contribution in [2.75, 3.05) is 12.4 Å². The highest BCUT2D eigenvalue weighted by Crippen LogP contribution is 2.41. The maximum Gasteiger partial charge on any atom is 0.341 e. The number of allylic oxidation sites excluding steroid dienone is 2. The van der Waals surface area contributed by atoms with E-state index in [9.17, 15) is 9.59 Å². The summed E-state index contributed by atoms with van der Waals surface area (Å²) in [7, 11) is 1.65. The minimum Gasteiger partial charge on any atom is -0.496 e. The van der Waals surface area contributed by atoms with Crippen LogP contribution in [0.5, 0.6) is 5.75 Å². The molecular weight excluding hydrogens is 370 g/mol. The normalized spacial score (nSPS) is 13.6. The van der Waals surface area contributed by atoms with Gasteiger partial charge < -0.3 is 19.5 Å². The molecule has 160 valence electrons. The summed E-state index contributed by atoms with van der Waals surface area (Å²) >= 11 is 0. The first-order valence-electron chi connectivity index (χ1n) is 10.2. The molecular formula is C23H33NO5. The van der Waals surface area contributed by atoms with Crippen molar-refractivity contribution in [3.63, 3.8) is 0 Å². The monoisotopic (exact) mass is 403 g/mol. The van der Waals surface area contributed by atoms with Crippen LogP contribution in [-0.2, 0) is 27.3 Å². The molecule has 1 N–H and O–H groups in total. The number of anilines is 1. The van der Waals surface area contributed by atoms with E-state index in [4.69, 9.17) is 14.2 Å². The van der Waals surface area contributed by atoms with Gasteiger partial charge in [0.2, 0.25) is 0 Å². The van der Waals surface area contributed by atoms with Crippen molar-refractivity contribution in [1.82, 2.24) is 0 Å². The van der Waals surface area contributed by atoms with Gasteiger partial charge in [-0.2, -0.15) is 0 Å². The number of carbonyl (C=O) groups is 2. The Hall–Kier alpha value is -2.50. The van der Waals surface area contributed by atoms with Crippen molar-refractivity contribution in [2.24, 2.45) is 0 Å². The molecule has 0 spiro atoms. The Labute approximate surface area is 173 Å². The van der Waals surface area contributed by atoms with Gasteiger partial charge in [0.1, 0.15) is 12.4 Å². The zero-order chi connectivity index (χ0) is 21.7. The van der Waals surface area contributed by atoms with E-state index < -0.39 is 0 Å². The minimum atomic E-state index is -0.299. The topological polar surface area (TPSA) is 73.9 Å². The number of benzene rings is 1. The lowest BCUT2D eigenvalue weighted by Gasteiger charge is -2.22. The maximum absolute atomic E-state index is 12.4. The minimum absolute atomic E-state index is 0.102. The van der Waals surface area contributed by atoms with Crippen LogP contribution in [0.25, 0.3) is 0 Å². The molecule has 6 heteroatoms. The number of esters is 2. The molecule has 0 unspecified atom stereocenters. The van der Waals surface area contributed by atoms with Crippen LogP contribution in [0.3, 0.4) is 0 Å². The van der Waals surface area contributed by atoms with Crippen LogP contribution in [0.2, 0.25) is 0 Å². The molecule has 0 fully saturated rings. The van der Waals surface area contributed by atoms with E-state index in [2.05, 4.69) is 11.4 Å². The number of methoxy groups -OCH3 is 1. The number of carbonyl (C=O) groups excluding carboxylic acids is 2. The molecule has 1 aliphatic rings. The molecule has 1 aliphatic heterocycles. The van der Waals surface area contributed by atoms with E-state index in [-0.39, 0.29) is 30.7 Å². The lowest BCUT2D eigenvalue weighted by molar-refractivity contribution is -0.147. The van der Waals surface area contributed by atoms with Crippen LogP contribution in [0, 0.1) is 6.92 Å². The molecule has 0 aromatic heterocycles. The molecule has 1 heterocycles. The Bertz CT molecular complexity index is 808. The molecule has 29 heavy (non-hydrogen) atoms. The summed E-state index contributed by atoms with van der Waals surface area (Å²) in [6.45, 7) is 12.0. The van der Waals surface area contributed by atoms with Crippen molar-refractivity contribution in [1.29, 1.82) is 0 Å². The molecule has 0 saturated carbocycles. The lowest BCUT2D eigenvalue weighted by Crippen LogP contribution is -2.16. The van der Waals surface area contributed by atoms with Crippen LogP contribution in [-0.4, -0.2) is 31.2 Å². The van der Waals surface area contributed by atoms with Gasteiger partial charge in [0.05, 0.1) is 24.5 Å². The number of hydrogen-bond donors (Lipinski definition) is 1. The van der Waals surface area contributed by atoms with Crippen molar-refractivity contribution in [3.05, 3.63) is 33.9 Å². The molecule has 0 radical (unpaired) electrons. The second-order valence-electron chi connectivity index (χ2n) is 8.03. The highest BCUT2D eigenvalue weighted by atomic mass is 16.5. The van der Waals surface area contributed by atoms with E-state index in [0.29, 0.717) is 24.8 Å². The molecule has 2 rings (SSSR count). The third-order valence-electron chi connectivity index (χ3n) is 4.86. The predicted molar refractivity (Wildman–Crippen MR) is 114 cm³/mol. The van der Waals surface area contributed by atoms with Crippen LogP contribution in [0.4, 0.5) is 5.69 Å². The molecule has 0 atom stereocenters. The van der Waals surface area contributed by atoms with Crippen LogP contribution in [0.1, 0.15) is 74.5 Å². The maximum atomic E-state index is 12.4. The third kappa shape index (κ3) is 5.52. The second-order valence-corrected chi connectivity index (χ2v) is 8.03. The molecule has 1 aromatic carbocycles. The number of nitrogens with one attached hydrogen (secondary N) is 1. The first-order chi connectivity index (χ1) is 13.6. The van der Waals surface area contributed by atoms with Gasteiger partial charge >= 0.3 is 11.9 Å². The molecule has 1 aromatic rings. The largest absolute Gasteiger partial charge is 0.496 e. The summed E-state index contributed by atoms with van der Waals surface area (Å²) < 4.78 is 16.2. The van der Waals surface area contributed by atoms with Gasteiger partial charge in [-0.15, -0.1) is 0 Å². The highest BCUT2D eigenvalue weighted by molar-refractivity contribution is 6.01. The highest BCUT2D eigenvalue weighted by Gasteiger charge is 2.32. The Kier molecular flexibility index (Phi) is 7.71. The smallest absolute Gasteiger partial charge is 0.341 e. The summed E-state index contributed by atoms with van der Waals surface area (Å²) in [5.74, 6) is 0.282. The van der Waals surface area contributed by atoms with E-state index in [1.807, 2.05) is 41.5 Å². The third-order valence-corrected chi connectivity index (χ3v) is 4.86. The van der Waals surface area contributed by atoms with E-state index in [1.54, 1.807) is 7.11 Å². The first-order valence-corrected chi connectivity index (χ1v) is 10.2. The van der Waals surface area contributed by atoms with E-state index >= 15 is 0 Å². The number of hydrogen-bond acceptors (Lipinski definition) is 6. The molecule has 0 amide bonds. The van der Waals surface area contributed by atoms with Gasteiger partial charge in [-0.25, -0.2) is 4.79 Å². The standard InChI is InChI=1S/C23H33NO5/c1-13(2)24-21-17(10-8-15(5)9-11-19(25)29-14(3)4)22(27-7)16(6)18-12-28-23(26)20(18)21/h8,13-14,24H,9-12H2,1-7H3/b15-8+. The fourth-order valence-corrected chi connectivity index (χ4v) is 3.50. The second kappa shape index (κ2) is 9.81. The zero-order valence-electron chi connectivity index (χ0n) is 18.6. The fraction of sp³-hybridized carbons (Fsp3) is 0.565. The predicted octanol–water partition coefficient (Wildman–Crippen LogP) is 4.71. The summed E-state index contributed by atoms with van der Waals surface area (Å²) in [5.41, 5.74) is 5.23. The quantitative estimate of drug-likeness (QED) is 0.475. The molecule has 0 saturated heterocycles. The Morgan fingerprint density at radius 1 is 1.24 bits per heavy atom. The SMILES string of the molecule is COc1c(C)c2c(c(NC(C)C)c1C/C=C(\C)CCC(=O)OC(C)C)C(=O)OC2. The van der Waals surface area contributed by atoms with E-state index in [0.717, 1.165) is 33.7 Å². The fourth-order valence-electron chi connectivity index (χ4n) is 3.50. The van der Waals surface area contributed by atoms with Crippen LogP contribution < -0.4 is 10.1 Å². The Morgan fingerprint density at radius 3 is 2.52 bits per heavy atom. The average molecular weight is 404 g/mol. The van der Waals surface area contributed by atoms with Crippen molar-refractivity contribution in [3.8, 4) is 5.75 Å². The summed E-state index contributed by atoms with van der Waals surface area (Å²) in [5, 5.41) is 3.42. The lowest BCUT2D eigenvalue weighted by atomic mass is 9.93.